The molecule has 0 radical (unpaired) electrons. The number of nitrogens with one attached hydrogen (secondary N) is 1. The van der Waals surface area contributed by atoms with E-state index in [0.717, 1.165) is 17.9 Å². The quantitative estimate of drug-likeness (QED) is 0.497. The lowest BCUT2D eigenvalue weighted by Gasteiger charge is -2.30. The Morgan fingerprint density at radius 2 is 2.29 bits per heavy atom. The van der Waals surface area contributed by atoms with E-state index in [1.165, 1.54) is 0 Å². The number of hydrogen-bond donors (Lipinski definition) is 2. The van der Waals surface area contributed by atoms with Gasteiger partial charge in [-0.15, -0.1) is 6.58 Å². The Hall–Kier alpha value is -1.21. The van der Waals surface area contributed by atoms with Gasteiger partial charge in [-0.2, -0.15) is 11.8 Å². The number of carbonyl (C=O) groups is 2. The van der Waals surface area contributed by atoms with Gasteiger partial charge in [-0.05, 0) is 6.42 Å². The molecule has 1 heterocycles. The molecule has 0 saturated carbocycles. The van der Waals surface area contributed by atoms with Gasteiger partial charge in [0.15, 0.2) is 0 Å². The van der Waals surface area contributed by atoms with Crippen LogP contribution in [0.1, 0.15) is 13.3 Å². The van der Waals surface area contributed by atoms with Crippen molar-refractivity contribution in [2.45, 2.75) is 19.4 Å². The van der Waals surface area contributed by atoms with Crippen LogP contribution >= 0.6 is 11.8 Å². The molecule has 0 aromatic heterocycles. The van der Waals surface area contributed by atoms with Crippen molar-refractivity contribution in [3.63, 3.8) is 0 Å². The van der Waals surface area contributed by atoms with Crippen molar-refractivity contribution >= 4 is 23.8 Å². The molecule has 2 amide bonds. The highest BCUT2D eigenvalue weighted by molar-refractivity contribution is 7.99. The molecule has 21 heavy (non-hydrogen) atoms. The molecule has 2 unspecified atom stereocenters. The first-order valence-corrected chi connectivity index (χ1v) is 8.30. The highest BCUT2D eigenvalue weighted by Crippen LogP contribution is 2.20. The fourth-order valence-corrected chi connectivity index (χ4v) is 2.82. The van der Waals surface area contributed by atoms with E-state index in [2.05, 4.69) is 11.9 Å². The largest absolute Gasteiger partial charge is 0.481 e. The van der Waals surface area contributed by atoms with Crippen LogP contribution in [0.4, 0.5) is 4.79 Å². The molecule has 1 fully saturated rings. The summed E-state index contributed by atoms with van der Waals surface area (Å²) < 4.78 is 5.25. The molecule has 2 N–H and O–H groups in total. The molecule has 0 bridgehead atoms. The lowest BCUT2D eigenvalue weighted by Crippen LogP contribution is -2.51. The summed E-state index contributed by atoms with van der Waals surface area (Å²) >= 11 is 1.69. The molecule has 7 heteroatoms. The normalized spacial score (nSPS) is 21.0. The molecular formula is C14H24N2O4S. The van der Waals surface area contributed by atoms with E-state index in [1.54, 1.807) is 16.7 Å². The summed E-state index contributed by atoms with van der Waals surface area (Å²) in [5, 5.41) is 12.1. The molecule has 0 aromatic carbocycles. The first-order valence-electron chi connectivity index (χ1n) is 7.15. The van der Waals surface area contributed by atoms with Crippen LogP contribution in [-0.2, 0) is 9.53 Å². The summed E-state index contributed by atoms with van der Waals surface area (Å²) in [6.45, 7) is 7.15. The minimum atomic E-state index is -0.909. The predicted octanol–water partition coefficient (Wildman–Crippen LogP) is 1.43. The Balaban J connectivity index is 2.52. The molecule has 0 aromatic rings. The van der Waals surface area contributed by atoms with E-state index in [1.807, 2.05) is 13.0 Å². The van der Waals surface area contributed by atoms with Gasteiger partial charge in [-0.3, -0.25) is 4.79 Å². The van der Waals surface area contributed by atoms with Crippen LogP contribution in [-0.4, -0.2) is 65.9 Å². The van der Waals surface area contributed by atoms with Crippen LogP contribution in [0.5, 0.6) is 0 Å². The minimum absolute atomic E-state index is 0.169. The number of rotatable bonds is 9. The summed E-state index contributed by atoms with van der Waals surface area (Å²) in [4.78, 5) is 25.1. The van der Waals surface area contributed by atoms with Gasteiger partial charge in [-0.25, -0.2) is 4.79 Å². The van der Waals surface area contributed by atoms with Gasteiger partial charge >= 0.3 is 12.0 Å². The van der Waals surface area contributed by atoms with E-state index in [9.17, 15) is 14.7 Å². The van der Waals surface area contributed by atoms with Crippen molar-refractivity contribution < 1.29 is 19.4 Å². The number of carboxylic acid groups (broad SMARTS) is 1. The van der Waals surface area contributed by atoms with E-state index in [4.69, 9.17) is 4.74 Å². The summed E-state index contributed by atoms with van der Waals surface area (Å²) in [6.07, 6.45) is 2.60. The molecule has 1 aliphatic rings. The summed E-state index contributed by atoms with van der Waals surface area (Å²) in [7, 11) is 0. The van der Waals surface area contributed by atoms with Crippen LogP contribution in [0, 0.1) is 5.92 Å². The maximum atomic E-state index is 12.3. The van der Waals surface area contributed by atoms with Gasteiger partial charge in [0.05, 0.1) is 19.3 Å². The zero-order valence-electron chi connectivity index (χ0n) is 12.4. The third-order valence-corrected chi connectivity index (χ3v) is 4.22. The number of urea groups is 1. The van der Waals surface area contributed by atoms with Crippen LogP contribution in [0.3, 0.4) is 0 Å². The zero-order valence-corrected chi connectivity index (χ0v) is 13.2. The average Bonchev–Trinajstić information content (AvgIpc) is 2.93. The van der Waals surface area contributed by atoms with E-state index in [0.29, 0.717) is 13.1 Å². The Labute approximate surface area is 129 Å². The minimum Gasteiger partial charge on any atom is -0.481 e. The van der Waals surface area contributed by atoms with Gasteiger partial charge < -0.3 is 20.1 Å². The smallest absolute Gasteiger partial charge is 0.317 e. The lowest BCUT2D eigenvalue weighted by atomic mass is 10.0. The monoisotopic (exact) mass is 316 g/mol. The predicted molar refractivity (Wildman–Crippen MR) is 83.7 cm³/mol. The molecule has 0 aliphatic carbocycles. The van der Waals surface area contributed by atoms with Crippen molar-refractivity contribution in [2.24, 2.45) is 5.92 Å². The third kappa shape index (κ3) is 5.59. The second-order valence-corrected chi connectivity index (χ2v) is 5.99. The molecule has 0 spiro atoms. The van der Waals surface area contributed by atoms with Crippen LogP contribution < -0.4 is 5.32 Å². The van der Waals surface area contributed by atoms with Gasteiger partial charge in [0, 0.05) is 24.6 Å². The molecule has 6 nitrogen and oxygen atoms in total. The zero-order chi connectivity index (χ0) is 15.7. The second kappa shape index (κ2) is 9.68. The topological polar surface area (TPSA) is 78.9 Å². The van der Waals surface area contributed by atoms with E-state index >= 15 is 0 Å². The third-order valence-electron chi connectivity index (χ3n) is 3.25. The van der Waals surface area contributed by atoms with Crippen LogP contribution in [0.25, 0.3) is 0 Å². The second-order valence-electron chi connectivity index (χ2n) is 4.84. The van der Waals surface area contributed by atoms with Gasteiger partial charge in [-0.1, -0.05) is 13.0 Å². The first-order chi connectivity index (χ1) is 10.1. The highest BCUT2D eigenvalue weighted by atomic mass is 32.2. The van der Waals surface area contributed by atoms with E-state index in [-0.39, 0.29) is 25.3 Å². The van der Waals surface area contributed by atoms with Crippen LogP contribution in [0.15, 0.2) is 12.7 Å². The molecule has 1 aliphatic heterocycles. The fourth-order valence-electron chi connectivity index (χ4n) is 2.24. The summed E-state index contributed by atoms with van der Waals surface area (Å²) in [5.41, 5.74) is 0. The standard InChI is InChI=1S/C14H24N2O4S/c1-3-6-16(12-10-20-9-11(12)13(17)18)14(19)15-5-8-21-7-4-2/h4,11-12H,2-3,5-10H2,1H3,(H,15,19)(H,17,18). The van der Waals surface area contributed by atoms with Gasteiger partial charge in [0.25, 0.3) is 0 Å². The number of amides is 2. The van der Waals surface area contributed by atoms with E-state index < -0.39 is 11.9 Å². The molecule has 1 rings (SSSR count). The van der Waals surface area contributed by atoms with Crippen molar-refractivity contribution in [1.29, 1.82) is 0 Å². The Bertz CT molecular complexity index is 365. The maximum absolute atomic E-state index is 12.3. The van der Waals surface area contributed by atoms with Crippen molar-refractivity contribution in [3.8, 4) is 0 Å². The van der Waals surface area contributed by atoms with Crippen molar-refractivity contribution in [1.82, 2.24) is 10.2 Å². The number of hydrogen-bond acceptors (Lipinski definition) is 4. The average molecular weight is 316 g/mol. The molecule has 120 valence electrons. The van der Waals surface area contributed by atoms with Gasteiger partial charge in [0.1, 0.15) is 5.92 Å². The number of ether oxygens (including phenoxy) is 1. The molecule has 1 saturated heterocycles. The number of carbonyl (C=O) groups excluding carboxylic acids is 1. The van der Waals surface area contributed by atoms with Crippen molar-refractivity contribution in [2.75, 3.05) is 37.8 Å². The first kappa shape index (κ1) is 17.8. The van der Waals surface area contributed by atoms with Crippen LogP contribution in [0.2, 0.25) is 0 Å². The fraction of sp³-hybridized carbons (Fsp3) is 0.714. The maximum Gasteiger partial charge on any atom is 0.317 e. The summed E-state index contributed by atoms with van der Waals surface area (Å²) in [6, 6.07) is -0.596. The number of carboxylic acids is 1. The summed E-state index contributed by atoms with van der Waals surface area (Å²) in [5.74, 6) is 0.109. The SMILES string of the molecule is C=CCSCCNC(=O)N(CCC)C1COCC1C(=O)O. The number of thioether (sulfide) groups is 1. The number of nitrogens with zero attached hydrogens (tertiary/aromatic N) is 1. The Morgan fingerprint density at radius 3 is 2.90 bits per heavy atom. The van der Waals surface area contributed by atoms with Crippen molar-refractivity contribution in [3.05, 3.63) is 12.7 Å². The Morgan fingerprint density at radius 1 is 1.52 bits per heavy atom. The molecular weight excluding hydrogens is 292 g/mol. The Kier molecular flexibility index (Phi) is 8.22. The number of aliphatic carboxylic acids is 1. The van der Waals surface area contributed by atoms with Gasteiger partial charge in [0.2, 0.25) is 0 Å². The highest BCUT2D eigenvalue weighted by Gasteiger charge is 2.39. The lowest BCUT2D eigenvalue weighted by molar-refractivity contribution is -0.142. The molecule has 2 atom stereocenters.